The van der Waals surface area contributed by atoms with E-state index in [1.807, 2.05) is 25.1 Å². The second-order valence-corrected chi connectivity index (χ2v) is 7.68. The van der Waals surface area contributed by atoms with Gasteiger partial charge in [-0.15, -0.1) is 0 Å². The van der Waals surface area contributed by atoms with Crippen molar-refractivity contribution in [1.29, 1.82) is 0 Å². The van der Waals surface area contributed by atoms with Crippen molar-refractivity contribution < 1.29 is 13.6 Å². The molecule has 2 heterocycles. The Kier molecular flexibility index (Phi) is 4.90. The summed E-state index contributed by atoms with van der Waals surface area (Å²) < 4.78 is 21.3. The molecule has 0 aliphatic heterocycles. The second-order valence-electron chi connectivity index (χ2n) is 7.68. The molecule has 0 bridgehead atoms. The fourth-order valence-electron chi connectivity index (χ4n) is 3.88. The molecule has 5 aromatic rings. The molecule has 1 N–H and O–H groups in total. The first-order valence-electron chi connectivity index (χ1n) is 10.2. The Morgan fingerprint density at radius 1 is 1.00 bits per heavy atom. The van der Waals surface area contributed by atoms with Crippen LogP contribution in [-0.4, -0.2) is 15.0 Å². The number of furan rings is 1. The van der Waals surface area contributed by atoms with Gasteiger partial charge in [-0.3, -0.25) is 14.2 Å². The lowest BCUT2D eigenvalue weighted by Gasteiger charge is -2.12. The summed E-state index contributed by atoms with van der Waals surface area (Å²) in [6.07, 6.45) is 0. The number of rotatable bonds is 4. The Balaban J connectivity index is 1.72. The average molecular weight is 443 g/mol. The zero-order valence-electron chi connectivity index (χ0n) is 17.5. The number of aryl methyl sites for hydroxylation is 1. The van der Waals surface area contributed by atoms with E-state index in [4.69, 9.17) is 4.42 Å². The number of halogens is 1. The highest BCUT2D eigenvalue weighted by Gasteiger charge is 2.22. The van der Waals surface area contributed by atoms with Gasteiger partial charge in [0.2, 0.25) is 11.5 Å². The number of anilines is 1. The molecule has 3 aromatic carbocycles. The molecule has 0 atom stereocenters. The summed E-state index contributed by atoms with van der Waals surface area (Å²) in [7, 11) is 0. The molecule has 1 amide bonds. The Bertz CT molecular complexity index is 1650. The minimum atomic E-state index is -0.731. The minimum Gasteiger partial charge on any atom is -0.449 e. The van der Waals surface area contributed by atoms with Crippen LogP contribution in [0, 0.1) is 12.7 Å². The van der Waals surface area contributed by atoms with E-state index in [-0.39, 0.29) is 23.3 Å². The van der Waals surface area contributed by atoms with Crippen LogP contribution < -0.4 is 16.6 Å². The molecular formula is C25H18FN3O4. The Morgan fingerprint density at radius 3 is 2.52 bits per heavy atom. The van der Waals surface area contributed by atoms with Crippen molar-refractivity contribution in [3.05, 3.63) is 105 Å². The van der Waals surface area contributed by atoms with Gasteiger partial charge in [-0.25, -0.2) is 13.8 Å². The number of hydrogen-bond donors (Lipinski definition) is 1. The van der Waals surface area contributed by atoms with Gasteiger partial charge in [-0.2, -0.15) is 0 Å². The Labute approximate surface area is 186 Å². The molecule has 8 heteroatoms. The zero-order chi connectivity index (χ0) is 23.1. The minimum absolute atomic E-state index is 0.0662. The summed E-state index contributed by atoms with van der Waals surface area (Å²) in [5, 5.41) is 3.32. The fraction of sp³-hybridized carbons (Fsp3) is 0.0800. The number of nitrogens with one attached hydrogen (secondary N) is 1. The van der Waals surface area contributed by atoms with Crippen LogP contribution in [-0.2, 0) is 11.3 Å². The van der Waals surface area contributed by atoms with Crippen LogP contribution in [0.3, 0.4) is 0 Å². The smallest absolute Gasteiger partial charge is 0.336 e. The maximum atomic E-state index is 13.5. The summed E-state index contributed by atoms with van der Waals surface area (Å²) in [5.41, 5.74) is 0.890. The molecule has 0 fully saturated rings. The zero-order valence-corrected chi connectivity index (χ0v) is 17.5. The van der Waals surface area contributed by atoms with E-state index >= 15 is 0 Å². The first-order chi connectivity index (χ1) is 15.9. The van der Waals surface area contributed by atoms with E-state index in [1.165, 1.54) is 16.7 Å². The van der Waals surface area contributed by atoms with Crippen molar-refractivity contribution in [3.8, 4) is 5.69 Å². The third-order valence-electron chi connectivity index (χ3n) is 5.35. The van der Waals surface area contributed by atoms with Crippen molar-refractivity contribution in [2.75, 3.05) is 5.32 Å². The van der Waals surface area contributed by atoms with Crippen molar-refractivity contribution >= 4 is 33.7 Å². The van der Waals surface area contributed by atoms with Crippen LogP contribution in [0.2, 0.25) is 0 Å². The highest BCUT2D eigenvalue weighted by molar-refractivity contribution is 6.03. The van der Waals surface area contributed by atoms with E-state index < -0.39 is 23.0 Å². The second kappa shape index (κ2) is 7.90. The van der Waals surface area contributed by atoms with E-state index in [2.05, 4.69) is 5.32 Å². The third-order valence-corrected chi connectivity index (χ3v) is 5.35. The summed E-state index contributed by atoms with van der Waals surface area (Å²) in [5.74, 6) is -0.951. The molecule has 0 saturated carbocycles. The van der Waals surface area contributed by atoms with Crippen LogP contribution in [0.4, 0.5) is 10.1 Å². The maximum Gasteiger partial charge on any atom is 0.336 e. The molecule has 164 valence electrons. The molecule has 0 aliphatic rings. The number of carbonyl (C=O) groups excluding carboxylic acids is 1. The number of nitrogens with zero attached hydrogens (tertiary/aromatic N) is 2. The fourth-order valence-corrected chi connectivity index (χ4v) is 3.88. The summed E-state index contributed by atoms with van der Waals surface area (Å²) >= 11 is 0. The lowest BCUT2D eigenvalue weighted by atomic mass is 10.2. The number of carbonyl (C=O) groups is 1. The van der Waals surface area contributed by atoms with Gasteiger partial charge in [-0.1, -0.05) is 24.3 Å². The largest absolute Gasteiger partial charge is 0.449 e. The number of fused-ring (bicyclic) bond motifs is 3. The van der Waals surface area contributed by atoms with Gasteiger partial charge in [0.1, 0.15) is 23.5 Å². The molecule has 33 heavy (non-hydrogen) atoms. The van der Waals surface area contributed by atoms with Crippen molar-refractivity contribution in [3.63, 3.8) is 0 Å². The normalized spacial score (nSPS) is 11.2. The van der Waals surface area contributed by atoms with E-state index in [1.54, 1.807) is 30.3 Å². The molecule has 0 aliphatic carbocycles. The van der Waals surface area contributed by atoms with Crippen molar-refractivity contribution in [2.24, 2.45) is 0 Å². The number of para-hydroxylation sites is 1. The Morgan fingerprint density at radius 2 is 1.76 bits per heavy atom. The molecule has 0 saturated heterocycles. The predicted octanol–water partition coefficient (Wildman–Crippen LogP) is 3.98. The van der Waals surface area contributed by atoms with Gasteiger partial charge in [0.15, 0.2) is 0 Å². The molecule has 0 radical (unpaired) electrons. The first-order valence-corrected chi connectivity index (χ1v) is 10.2. The highest BCUT2D eigenvalue weighted by Crippen LogP contribution is 2.26. The number of amides is 1. The van der Waals surface area contributed by atoms with Gasteiger partial charge >= 0.3 is 11.2 Å². The summed E-state index contributed by atoms with van der Waals surface area (Å²) in [6.45, 7) is 1.55. The number of aromatic nitrogens is 2. The van der Waals surface area contributed by atoms with E-state index in [0.717, 1.165) is 22.3 Å². The molecular weight excluding hydrogens is 425 g/mol. The number of hydrogen-bond acceptors (Lipinski definition) is 4. The summed E-state index contributed by atoms with van der Waals surface area (Å²) in [6, 6.07) is 19.1. The summed E-state index contributed by atoms with van der Waals surface area (Å²) in [4.78, 5) is 39.6. The molecule has 7 nitrogen and oxygen atoms in total. The van der Waals surface area contributed by atoms with E-state index in [9.17, 15) is 18.8 Å². The van der Waals surface area contributed by atoms with Gasteiger partial charge in [0, 0.05) is 11.1 Å². The first kappa shape index (κ1) is 20.4. The standard InChI is InChI=1S/C25H18FN3O4/c1-15-5-4-6-17(13-15)27-21(30)14-28-22-19-7-2-3-8-20(19)33-23(22)24(31)29(25(28)32)18-11-9-16(26)10-12-18/h2-13H,14H2,1H3,(H,27,30). The van der Waals surface area contributed by atoms with Gasteiger partial charge < -0.3 is 9.73 Å². The van der Waals surface area contributed by atoms with Crippen LogP contribution in [0.15, 0.2) is 86.8 Å². The maximum absolute atomic E-state index is 13.5. The lowest BCUT2D eigenvalue weighted by Crippen LogP contribution is -2.40. The van der Waals surface area contributed by atoms with Gasteiger partial charge in [0.05, 0.1) is 5.69 Å². The quantitative estimate of drug-likeness (QED) is 0.455. The molecule has 2 aromatic heterocycles. The van der Waals surface area contributed by atoms with Crippen molar-refractivity contribution in [2.45, 2.75) is 13.5 Å². The lowest BCUT2D eigenvalue weighted by molar-refractivity contribution is -0.116. The SMILES string of the molecule is Cc1cccc(NC(=O)Cn2c(=O)n(-c3ccc(F)cc3)c(=O)c3oc4ccccc4c32)c1. The van der Waals surface area contributed by atoms with Crippen molar-refractivity contribution in [1.82, 2.24) is 9.13 Å². The van der Waals surface area contributed by atoms with Crippen LogP contribution in [0.1, 0.15) is 5.56 Å². The third kappa shape index (κ3) is 3.61. The highest BCUT2D eigenvalue weighted by atomic mass is 19.1. The van der Waals surface area contributed by atoms with Gasteiger partial charge in [0.25, 0.3) is 0 Å². The Hall–Kier alpha value is -4.46. The molecule has 0 spiro atoms. The van der Waals surface area contributed by atoms with Crippen LogP contribution >= 0.6 is 0 Å². The average Bonchev–Trinajstić information content (AvgIpc) is 3.18. The predicted molar refractivity (Wildman–Crippen MR) is 123 cm³/mol. The number of benzene rings is 3. The molecule has 5 rings (SSSR count). The van der Waals surface area contributed by atoms with Crippen LogP contribution in [0.5, 0.6) is 0 Å². The topological polar surface area (TPSA) is 86.2 Å². The van der Waals surface area contributed by atoms with E-state index in [0.29, 0.717) is 16.7 Å². The monoisotopic (exact) mass is 443 g/mol. The molecule has 0 unspecified atom stereocenters. The van der Waals surface area contributed by atoms with Crippen LogP contribution in [0.25, 0.3) is 27.8 Å². The van der Waals surface area contributed by atoms with Gasteiger partial charge in [-0.05, 0) is 61.0 Å².